The molecule has 122 valence electrons. The van der Waals surface area contributed by atoms with Gasteiger partial charge in [-0.05, 0) is 23.6 Å². The Bertz CT molecular complexity index is 623. The summed E-state index contributed by atoms with van der Waals surface area (Å²) >= 11 is 0. The average molecular weight is 314 g/mol. The number of para-hydroxylation sites is 1. The molecule has 0 spiro atoms. The van der Waals surface area contributed by atoms with Crippen LogP contribution in [0.15, 0.2) is 48.5 Å². The Labute approximate surface area is 137 Å². The highest BCUT2D eigenvalue weighted by atomic mass is 16.5. The first-order valence-electron chi connectivity index (χ1n) is 7.64. The first-order chi connectivity index (χ1) is 11.2. The lowest BCUT2D eigenvalue weighted by Crippen LogP contribution is -2.09. The third-order valence-electron chi connectivity index (χ3n) is 3.58. The molecule has 23 heavy (non-hydrogen) atoms. The van der Waals surface area contributed by atoms with Crippen LogP contribution in [-0.2, 0) is 22.4 Å². The van der Waals surface area contributed by atoms with Crippen molar-refractivity contribution in [2.45, 2.75) is 19.3 Å². The zero-order valence-corrected chi connectivity index (χ0v) is 13.6. The number of hydrogen-bond donors (Lipinski definition) is 0. The summed E-state index contributed by atoms with van der Waals surface area (Å²) in [6.45, 7) is 0.401. The van der Waals surface area contributed by atoms with Crippen molar-refractivity contribution in [2.75, 3.05) is 20.8 Å². The quantitative estimate of drug-likeness (QED) is 0.700. The number of carbonyl (C=O) groups is 1. The van der Waals surface area contributed by atoms with Crippen molar-refractivity contribution in [3.63, 3.8) is 0 Å². The maximum Gasteiger partial charge on any atom is 0.306 e. The maximum atomic E-state index is 11.9. The molecule has 2 aromatic carbocycles. The van der Waals surface area contributed by atoms with E-state index >= 15 is 0 Å². The normalized spacial score (nSPS) is 10.2. The van der Waals surface area contributed by atoms with E-state index in [2.05, 4.69) is 0 Å². The molecule has 0 aliphatic carbocycles. The second-order valence-corrected chi connectivity index (χ2v) is 5.11. The molecule has 0 atom stereocenters. The molecule has 4 heteroatoms. The second-order valence-electron chi connectivity index (χ2n) is 5.11. The van der Waals surface area contributed by atoms with Gasteiger partial charge in [-0.3, -0.25) is 4.79 Å². The van der Waals surface area contributed by atoms with Crippen LogP contribution in [-0.4, -0.2) is 26.8 Å². The number of hydrogen-bond acceptors (Lipinski definition) is 4. The molecular formula is C19H22O4. The highest BCUT2D eigenvalue weighted by molar-refractivity contribution is 5.70. The van der Waals surface area contributed by atoms with Gasteiger partial charge in [0.15, 0.2) is 11.5 Å². The van der Waals surface area contributed by atoms with E-state index in [9.17, 15) is 4.79 Å². The van der Waals surface area contributed by atoms with Crippen molar-refractivity contribution in [1.29, 1.82) is 0 Å². The summed E-state index contributed by atoms with van der Waals surface area (Å²) in [5.41, 5.74) is 2.10. The van der Waals surface area contributed by atoms with Gasteiger partial charge in [0.2, 0.25) is 0 Å². The van der Waals surface area contributed by atoms with Crippen LogP contribution in [0.5, 0.6) is 11.5 Å². The second kappa shape index (κ2) is 8.83. The lowest BCUT2D eigenvalue weighted by Gasteiger charge is -2.12. The lowest BCUT2D eigenvalue weighted by molar-refractivity contribution is -0.143. The predicted octanol–water partition coefficient (Wildman–Crippen LogP) is 3.42. The van der Waals surface area contributed by atoms with Gasteiger partial charge >= 0.3 is 5.97 Å². The number of rotatable bonds is 8. The van der Waals surface area contributed by atoms with Crippen molar-refractivity contribution in [1.82, 2.24) is 0 Å². The van der Waals surface area contributed by atoms with Crippen molar-refractivity contribution in [3.8, 4) is 11.5 Å². The Kier molecular flexibility index (Phi) is 6.48. The molecular weight excluding hydrogens is 292 g/mol. The monoisotopic (exact) mass is 314 g/mol. The van der Waals surface area contributed by atoms with E-state index in [1.807, 2.05) is 48.5 Å². The van der Waals surface area contributed by atoms with Gasteiger partial charge in [-0.15, -0.1) is 0 Å². The molecule has 0 amide bonds. The molecule has 0 aromatic heterocycles. The molecule has 0 bridgehead atoms. The van der Waals surface area contributed by atoms with E-state index in [4.69, 9.17) is 14.2 Å². The Hall–Kier alpha value is -2.49. The molecule has 0 unspecified atom stereocenters. The molecule has 0 fully saturated rings. The number of ether oxygens (including phenoxy) is 3. The lowest BCUT2D eigenvalue weighted by atomic mass is 10.1. The van der Waals surface area contributed by atoms with Gasteiger partial charge in [0.1, 0.15) is 0 Å². The van der Waals surface area contributed by atoms with Crippen molar-refractivity contribution < 1.29 is 19.0 Å². The van der Waals surface area contributed by atoms with Crippen LogP contribution in [0.2, 0.25) is 0 Å². The summed E-state index contributed by atoms with van der Waals surface area (Å²) in [7, 11) is 3.19. The van der Waals surface area contributed by atoms with Crippen LogP contribution in [0, 0.1) is 0 Å². The van der Waals surface area contributed by atoms with Crippen molar-refractivity contribution in [2.24, 2.45) is 0 Å². The molecule has 0 heterocycles. The molecule has 4 nitrogen and oxygen atoms in total. The van der Waals surface area contributed by atoms with E-state index in [1.165, 1.54) is 0 Å². The zero-order valence-electron chi connectivity index (χ0n) is 13.6. The number of aryl methyl sites for hydroxylation is 1. The topological polar surface area (TPSA) is 44.8 Å². The third-order valence-corrected chi connectivity index (χ3v) is 3.58. The largest absolute Gasteiger partial charge is 0.493 e. The van der Waals surface area contributed by atoms with E-state index in [0.717, 1.165) is 17.5 Å². The van der Waals surface area contributed by atoms with E-state index in [-0.39, 0.29) is 5.97 Å². The van der Waals surface area contributed by atoms with Crippen molar-refractivity contribution in [3.05, 3.63) is 59.7 Å². The summed E-state index contributed by atoms with van der Waals surface area (Å²) in [6.07, 6.45) is 1.61. The van der Waals surface area contributed by atoms with E-state index in [0.29, 0.717) is 30.9 Å². The van der Waals surface area contributed by atoms with E-state index < -0.39 is 0 Å². The summed E-state index contributed by atoms with van der Waals surface area (Å²) in [5, 5.41) is 0. The first-order valence-corrected chi connectivity index (χ1v) is 7.64. The molecule has 0 aliphatic rings. The number of benzene rings is 2. The van der Waals surface area contributed by atoms with Crippen LogP contribution >= 0.6 is 0 Å². The fourth-order valence-electron chi connectivity index (χ4n) is 2.39. The highest BCUT2D eigenvalue weighted by Crippen LogP contribution is 2.31. The summed E-state index contributed by atoms with van der Waals surface area (Å²) in [5.74, 6) is 1.14. The molecule has 0 radical (unpaired) electrons. The van der Waals surface area contributed by atoms with Crippen LogP contribution in [0.1, 0.15) is 17.5 Å². The fourth-order valence-corrected chi connectivity index (χ4v) is 2.39. The van der Waals surface area contributed by atoms with E-state index in [1.54, 1.807) is 14.2 Å². The van der Waals surface area contributed by atoms with Gasteiger partial charge in [-0.25, -0.2) is 0 Å². The number of methoxy groups -OCH3 is 2. The first kappa shape index (κ1) is 16.9. The van der Waals surface area contributed by atoms with Gasteiger partial charge < -0.3 is 14.2 Å². The summed E-state index contributed by atoms with van der Waals surface area (Å²) in [6, 6.07) is 15.6. The fraction of sp³-hybridized carbons (Fsp3) is 0.316. The highest BCUT2D eigenvalue weighted by Gasteiger charge is 2.11. The number of carbonyl (C=O) groups excluding carboxylic acids is 1. The van der Waals surface area contributed by atoms with Gasteiger partial charge in [0.05, 0.1) is 20.8 Å². The SMILES string of the molecule is COc1cccc(CCC(=O)OCCc2ccccc2)c1OC. The van der Waals surface area contributed by atoms with Crippen molar-refractivity contribution >= 4 is 5.97 Å². The Balaban J connectivity index is 1.80. The minimum atomic E-state index is -0.203. The Morgan fingerprint density at radius 3 is 2.39 bits per heavy atom. The van der Waals surface area contributed by atoms with Crippen LogP contribution in [0.4, 0.5) is 0 Å². The third kappa shape index (κ3) is 5.02. The van der Waals surface area contributed by atoms with Gasteiger partial charge in [-0.1, -0.05) is 42.5 Å². The molecule has 0 aliphatic heterocycles. The molecule has 0 saturated heterocycles. The van der Waals surface area contributed by atoms with Gasteiger partial charge in [0.25, 0.3) is 0 Å². The van der Waals surface area contributed by atoms with Gasteiger partial charge in [0, 0.05) is 12.8 Å². The minimum absolute atomic E-state index is 0.203. The molecule has 0 saturated carbocycles. The average Bonchev–Trinajstić information content (AvgIpc) is 2.60. The summed E-state index contributed by atoms with van der Waals surface area (Å²) in [4.78, 5) is 11.9. The van der Waals surface area contributed by atoms with Crippen LogP contribution in [0.25, 0.3) is 0 Å². The zero-order chi connectivity index (χ0) is 16.5. The van der Waals surface area contributed by atoms with Crippen LogP contribution in [0.3, 0.4) is 0 Å². The maximum absolute atomic E-state index is 11.9. The van der Waals surface area contributed by atoms with Crippen LogP contribution < -0.4 is 9.47 Å². The standard InChI is InChI=1S/C19H22O4/c1-21-17-10-6-9-16(19(17)22-2)11-12-18(20)23-14-13-15-7-4-3-5-8-15/h3-10H,11-14H2,1-2H3. The Morgan fingerprint density at radius 2 is 1.70 bits per heavy atom. The predicted molar refractivity (Wildman–Crippen MR) is 89.0 cm³/mol. The minimum Gasteiger partial charge on any atom is -0.493 e. The number of esters is 1. The molecule has 2 aromatic rings. The van der Waals surface area contributed by atoms with Gasteiger partial charge in [-0.2, -0.15) is 0 Å². The Morgan fingerprint density at radius 1 is 0.913 bits per heavy atom. The smallest absolute Gasteiger partial charge is 0.306 e. The molecule has 2 rings (SSSR count). The summed E-state index contributed by atoms with van der Waals surface area (Å²) < 4.78 is 15.9. The molecule has 0 N–H and O–H groups in total.